The molecule has 2 spiro atoms. The average molecular weight is 357 g/mol. The number of hydrogen-bond donors (Lipinski definition) is 0. The zero-order chi connectivity index (χ0) is 18.1. The number of rotatable bonds is 2. The first-order chi connectivity index (χ1) is 12.5. The summed E-state index contributed by atoms with van der Waals surface area (Å²) in [5.41, 5.74) is 2.76. The van der Waals surface area contributed by atoms with Gasteiger partial charge < -0.3 is 23.8 Å². The Morgan fingerprint density at radius 2 is 2.23 bits per heavy atom. The summed E-state index contributed by atoms with van der Waals surface area (Å²) < 4.78 is 24.1. The first-order valence-electron chi connectivity index (χ1n) is 9.15. The predicted molar refractivity (Wildman–Crippen MR) is 94.8 cm³/mol. The molecule has 138 valence electrons. The molecule has 0 bridgehead atoms. The molecule has 1 saturated heterocycles. The molecule has 3 heterocycles. The number of nitrogens with zero attached hydrogens (tertiary/aromatic N) is 1. The fourth-order valence-corrected chi connectivity index (χ4v) is 5.01. The molecule has 4 atom stereocenters. The highest BCUT2D eigenvalue weighted by Gasteiger charge is 2.59. The monoisotopic (exact) mass is 357 g/mol. The third-order valence-electron chi connectivity index (χ3n) is 6.18. The first-order valence-corrected chi connectivity index (χ1v) is 9.15. The third kappa shape index (κ3) is 1.91. The van der Waals surface area contributed by atoms with Crippen molar-refractivity contribution in [3.05, 3.63) is 29.3 Å². The number of carbonyl (C=O) groups is 1. The summed E-state index contributed by atoms with van der Waals surface area (Å²) in [6, 6.07) is 1.95. The highest BCUT2D eigenvalue weighted by molar-refractivity contribution is 5.85. The molecule has 1 aliphatic carbocycles. The summed E-state index contributed by atoms with van der Waals surface area (Å²) in [4.78, 5) is 13.4. The van der Waals surface area contributed by atoms with E-state index in [0.717, 1.165) is 35.4 Å². The molecule has 4 unspecified atom stereocenters. The van der Waals surface area contributed by atoms with Gasteiger partial charge in [-0.2, -0.15) is 0 Å². The number of carbonyl (C=O) groups excluding carboxylic acids is 1. The van der Waals surface area contributed by atoms with Gasteiger partial charge in [0.05, 0.1) is 30.9 Å². The molecule has 0 aromatic heterocycles. The number of methoxy groups -OCH3 is 1. The van der Waals surface area contributed by atoms with E-state index in [9.17, 15) is 4.79 Å². The van der Waals surface area contributed by atoms with Crippen molar-refractivity contribution in [2.75, 3.05) is 25.2 Å². The Morgan fingerprint density at radius 3 is 2.92 bits per heavy atom. The molecule has 26 heavy (non-hydrogen) atoms. The van der Waals surface area contributed by atoms with Gasteiger partial charge in [-0.05, 0) is 38.0 Å². The number of hydrogen-bond acceptors (Lipinski definition) is 5. The van der Waals surface area contributed by atoms with Gasteiger partial charge in [0.1, 0.15) is 6.10 Å². The molecule has 1 fully saturated rings. The van der Waals surface area contributed by atoms with Crippen LogP contribution in [0.15, 0.2) is 18.2 Å². The molecule has 0 saturated carbocycles. The number of anilines is 1. The van der Waals surface area contributed by atoms with Crippen LogP contribution in [0.1, 0.15) is 30.9 Å². The molecule has 0 N–H and O–H groups in total. The SMILES string of the molecule is COc1cc(C)c2c3c1OC1CC4(C=CC31CCN2C=O)OCC(C)O4. The fraction of sp³-hybridized carbons (Fsp3) is 0.550. The maximum Gasteiger partial charge on any atom is 0.214 e. The molecule has 1 amide bonds. The Kier molecular flexibility index (Phi) is 3.25. The van der Waals surface area contributed by atoms with E-state index in [4.69, 9.17) is 18.9 Å². The largest absolute Gasteiger partial charge is 0.493 e. The lowest BCUT2D eigenvalue weighted by Crippen LogP contribution is -2.51. The zero-order valence-electron chi connectivity index (χ0n) is 15.3. The van der Waals surface area contributed by atoms with Gasteiger partial charge in [-0.1, -0.05) is 6.08 Å². The normalized spacial score (nSPS) is 36.7. The molecule has 1 aromatic carbocycles. The fourth-order valence-electron chi connectivity index (χ4n) is 5.01. The minimum atomic E-state index is -0.707. The summed E-state index contributed by atoms with van der Waals surface area (Å²) in [7, 11) is 1.65. The summed E-state index contributed by atoms with van der Waals surface area (Å²) in [5.74, 6) is 0.756. The van der Waals surface area contributed by atoms with E-state index in [2.05, 4.69) is 12.2 Å². The van der Waals surface area contributed by atoms with Crippen molar-refractivity contribution in [3.63, 3.8) is 0 Å². The Balaban J connectivity index is 1.69. The first kappa shape index (κ1) is 16.1. The van der Waals surface area contributed by atoms with Gasteiger partial charge >= 0.3 is 0 Å². The lowest BCUT2D eigenvalue weighted by molar-refractivity contribution is -0.154. The van der Waals surface area contributed by atoms with E-state index in [1.165, 1.54) is 0 Å². The highest BCUT2D eigenvalue weighted by atomic mass is 16.7. The Morgan fingerprint density at radius 1 is 1.38 bits per heavy atom. The number of benzene rings is 1. The molecule has 6 nitrogen and oxygen atoms in total. The van der Waals surface area contributed by atoms with Crippen LogP contribution >= 0.6 is 0 Å². The maximum atomic E-state index is 11.7. The quantitative estimate of drug-likeness (QED) is 0.601. The lowest BCUT2D eigenvalue weighted by atomic mass is 9.66. The topological polar surface area (TPSA) is 57.2 Å². The van der Waals surface area contributed by atoms with Crippen LogP contribution in [0, 0.1) is 6.92 Å². The van der Waals surface area contributed by atoms with E-state index in [1.54, 1.807) is 12.0 Å². The van der Waals surface area contributed by atoms with Crippen LogP contribution in [-0.4, -0.2) is 44.7 Å². The summed E-state index contributed by atoms with van der Waals surface area (Å²) >= 11 is 0. The second-order valence-electron chi connectivity index (χ2n) is 7.73. The van der Waals surface area contributed by atoms with E-state index in [0.29, 0.717) is 25.3 Å². The predicted octanol–water partition coefficient (Wildman–Crippen LogP) is 2.46. The Bertz CT molecular complexity index is 821. The molecular weight excluding hydrogens is 334 g/mol. The van der Waals surface area contributed by atoms with Crippen molar-refractivity contribution in [3.8, 4) is 11.5 Å². The lowest BCUT2D eigenvalue weighted by Gasteiger charge is -2.44. The highest BCUT2D eigenvalue weighted by Crippen LogP contribution is 2.60. The number of ether oxygens (including phenoxy) is 4. The molecule has 5 rings (SSSR count). The van der Waals surface area contributed by atoms with Crippen LogP contribution in [-0.2, 0) is 19.7 Å². The van der Waals surface area contributed by atoms with Crippen molar-refractivity contribution >= 4 is 12.1 Å². The van der Waals surface area contributed by atoms with Crippen molar-refractivity contribution in [1.82, 2.24) is 0 Å². The van der Waals surface area contributed by atoms with Gasteiger partial charge in [-0.3, -0.25) is 4.79 Å². The molecule has 3 aliphatic heterocycles. The van der Waals surface area contributed by atoms with Crippen LogP contribution in [0.5, 0.6) is 11.5 Å². The Hall–Kier alpha value is -2.05. The molecule has 0 radical (unpaired) electrons. The minimum Gasteiger partial charge on any atom is -0.493 e. The smallest absolute Gasteiger partial charge is 0.214 e. The third-order valence-corrected chi connectivity index (χ3v) is 6.18. The summed E-state index contributed by atoms with van der Waals surface area (Å²) in [5, 5.41) is 0. The zero-order valence-corrected chi connectivity index (χ0v) is 15.3. The minimum absolute atomic E-state index is 0.0710. The van der Waals surface area contributed by atoms with Crippen molar-refractivity contribution in [1.29, 1.82) is 0 Å². The van der Waals surface area contributed by atoms with Crippen LogP contribution in [0.25, 0.3) is 0 Å². The average Bonchev–Trinajstić information content (AvgIpc) is 3.17. The van der Waals surface area contributed by atoms with Gasteiger partial charge in [-0.15, -0.1) is 0 Å². The van der Waals surface area contributed by atoms with Crippen LogP contribution < -0.4 is 14.4 Å². The number of amides is 1. The van der Waals surface area contributed by atoms with E-state index < -0.39 is 5.79 Å². The van der Waals surface area contributed by atoms with Gasteiger partial charge in [-0.25, -0.2) is 0 Å². The second kappa shape index (κ2) is 5.24. The molecule has 6 heteroatoms. The molecule has 1 aromatic rings. The van der Waals surface area contributed by atoms with Gasteiger partial charge in [0.25, 0.3) is 0 Å². The van der Waals surface area contributed by atoms with Crippen LogP contribution in [0.4, 0.5) is 5.69 Å². The molecular formula is C20H23NO5. The van der Waals surface area contributed by atoms with Crippen molar-refractivity contribution in [2.45, 2.75) is 50.1 Å². The van der Waals surface area contributed by atoms with Crippen LogP contribution in [0.3, 0.4) is 0 Å². The maximum absolute atomic E-state index is 11.7. The van der Waals surface area contributed by atoms with E-state index in [-0.39, 0.29) is 17.6 Å². The molecule has 4 aliphatic rings. The Labute approximate surface area is 152 Å². The van der Waals surface area contributed by atoms with Gasteiger partial charge in [0.15, 0.2) is 17.3 Å². The van der Waals surface area contributed by atoms with Crippen molar-refractivity contribution in [2.24, 2.45) is 0 Å². The summed E-state index contributed by atoms with van der Waals surface area (Å²) in [6.07, 6.45) is 6.57. The summed E-state index contributed by atoms with van der Waals surface area (Å²) in [6.45, 7) is 5.28. The van der Waals surface area contributed by atoms with E-state index >= 15 is 0 Å². The standard InChI is InChI=1S/C20H23NO5/c1-12-8-14(23-3)18-16-17(12)21(11-22)7-6-19(16)4-5-20(9-15(19)25-18)24-10-13(2)26-20/h4-5,8,11,13,15H,6-7,9-10H2,1-3H3. The van der Waals surface area contributed by atoms with Crippen molar-refractivity contribution < 1.29 is 23.7 Å². The van der Waals surface area contributed by atoms with Crippen LogP contribution in [0.2, 0.25) is 0 Å². The number of aryl methyl sites for hydroxylation is 1. The van der Waals surface area contributed by atoms with Gasteiger partial charge in [0, 0.05) is 18.5 Å². The van der Waals surface area contributed by atoms with Gasteiger partial charge in [0.2, 0.25) is 6.41 Å². The second-order valence-corrected chi connectivity index (χ2v) is 7.73. The van der Waals surface area contributed by atoms with E-state index in [1.807, 2.05) is 19.9 Å².